The Morgan fingerprint density at radius 2 is 1.57 bits per heavy atom. The number of aliphatic hydroxyl groups is 3. The molecule has 6 rings (SSSR count). The highest BCUT2D eigenvalue weighted by molar-refractivity contribution is 5.93. The van der Waals surface area contributed by atoms with Crippen LogP contribution in [-0.4, -0.2) is 74.4 Å². The molecule has 3 aliphatic carbocycles. The minimum atomic E-state index is -2.09. The van der Waals surface area contributed by atoms with Crippen LogP contribution in [0.3, 0.4) is 0 Å². The van der Waals surface area contributed by atoms with E-state index in [2.05, 4.69) is 20.4 Å². The first kappa shape index (κ1) is 31.1. The molecular formula is C34H54O8. The fourth-order valence-corrected chi connectivity index (χ4v) is 9.99. The molecule has 8 nitrogen and oxygen atoms in total. The summed E-state index contributed by atoms with van der Waals surface area (Å²) in [5.41, 5.74) is -4.51. The van der Waals surface area contributed by atoms with E-state index in [1.807, 2.05) is 6.92 Å². The molecule has 3 aliphatic heterocycles. The smallest absolute Gasteiger partial charge is 0.284 e. The van der Waals surface area contributed by atoms with Crippen molar-refractivity contribution in [1.29, 1.82) is 0 Å². The molecule has 8 heteroatoms. The number of carbonyl (C=O) groups is 1. The standard InChI is InChI=1S/C34H54O8/c1-6-7-8-9-10-11-12-13-14-15-16-17-32-40-27-25-28-31(20-35,39-28)29(37)33(38)24(18-22(4)26(33)36)34(25,42-32)23(5)19-30(27,41-32)21(2)3/h22-25,27-29,35,37-38H,2,6-20H2,1,3-5H3. The topological polar surface area (TPSA) is 118 Å². The summed E-state index contributed by atoms with van der Waals surface area (Å²) in [6.07, 6.45) is 12.4. The average Bonchev–Trinajstić information content (AvgIpc) is 3.60. The zero-order chi connectivity index (χ0) is 30.1. The van der Waals surface area contributed by atoms with Crippen molar-refractivity contribution in [3.05, 3.63) is 12.2 Å². The van der Waals surface area contributed by atoms with Gasteiger partial charge in [0, 0.05) is 24.2 Å². The summed E-state index contributed by atoms with van der Waals surface area (Å²) in [7, 11) is 0. The summed E-state index contributed by atoms with van der Waals surface area (Å²) < 4.78 is 27.0. The van der Waals surface area contributed by atoms with Crippen molar-refractivity contribution < 1.29 is 39.1 Å². The van der Waals surface area contributed by atoms with Crippen LogP contribution in [0, 0.1) is 23.7 Å². The molecule has 3 heterocycles. The molecule has 12 unspecified atom stereocenters. The molecule has 0 radical (unpaired) electrons. The van der Waals surface area contributed by atoms with Gasteiger partial charge in [0.25, 0.3) is 5.97 Å². The van der Waals surface area contributed by atoms with Gasteiger partial charge in [-0.1, -0.05) is 91.6 Å². The highest BCUT2D eigenvalue weighted by Gasteiger charge is 2.88. The highest BCUT2D eigenvalue weighted by Crippen LogP contribution is 2.73. The van der Waals surface area contributed by atoms with Gasteiger partial charge in [-0.2, -0.15) is 0 Å². The number of ketones is 1. The Morgan fingerprint density at radius 1 is 0.952 bits per heavy atom. The van der Waals surface area contributed by atoms with Gasteiger partial charge in [0.1, 0.15) is 29.5 Å². The molecule has 3 N–H and O–H groups in total. The quantitative estimate of drug-likeness (QED) is 0.148. The van der Waals surface area contributed by atoms with Crippen molar-refractivity contribution >= 4 is 5.78 Å². The van der Waals surface area contributed by atoms with Gasteiger partial charge in [0.15, 0.2) is 11.4 Å². The summed E-state index contributed by atoms with van der Waals surface area (Å²) in [6, 6.07) is 0. The lowest BCUT2D eigenvalue weighted by Gasteiger charge is -2.60. The Hall–Kier alpha value is -0.870. The van der Waals surface area contributed by atoms with Gasteiger partial charge in [0.2, 0.25) is 0 Å². The predicted molar refractivity (Wildman–Crippen MR) is 156 cm³/mol. The Bertz CT molecular complexity index is 1060. The second kappa shape index (κ2) is 10.9. The first-order valence-corrected chi connectivity index (χ1v) is 17.0. The van der Waals surface area contributed by atoms with E-state index in [1.165, 1.54) is 51.4 Å². The molecule has 0 aromatic carbocycles. The molecule has 0 amide bonds. The molecule has 3 saturated heterocycles. The van der Waals surface area contributed by atoms with E-state index in [-0.39, 0.29) is 5.92 Å². The van der Waals surface area contributed by atoms with Crippen molar-refractivity contribution in [2.75, 3.05) is 6.61 Å². The summed E-state index contributed by atoms with van der Waals surface area (Å²) >= 11 is 0. The fourth-order valence-electron chi connectivity index (χ4n) is 9.99. The van der Waals surface area contributed by atoms with Gasteiger partial charge >= 0.3 is 0 Å². The minimum Gasteiger partial charge on any atom is -0.393 e. The number of fused-ring (bicyclic) bond motifs is 3. The van der Waals surface area contributed by atoms with Crippen molar-refractivity contribution in [3.63, 3.8) is 0 Å². The highest BCUT2D eigenvalue weighted by atomic mass is 16.9. The third-order valence-electron chi connectivity index (χ3n) is 12.2. The zero-order valence-corrected chi connectivity index (χ0v) is 26.2. The number of carbonyl (C=O) groups excluding carboxylic acids is 1. The second-order valence-electron chi connectivity index (χ2n) is 14.8. The van der Waals surface area contributed by atoms with Gasteiger partial charge in [-0.15, -0.1) is 0 Å². The van der Waals surface area contributed by atoms with Gasteiger partial charge < -0.3 is 34.3 Å². The summed E-state index contributed by atoms with van der Waals surface area (Å²) in [5, 5.41) is 34.4. The van der Waals surface area contributed by atoms with Crippen molar-refractivity contribution in [2.45, 2.75) is 164 Å². The molecule has 6 aliphatic rings. The number of hydrogen-bond donors (Lipinski definition) is 3. The average molecular weight is 591 g/mol. The Morgan fingerprint density at radius 3 is 2.17 bits per heavy atom. The third-order valence-corrected chi connectivity index (χ3v) is 12.2. The molecule has 0 spiro atoms. The Kier molecular flexibility index (Phi) is 8.07. The van der Waals surface area contributed by atoms with E-state index in [0.29, 0.717) is 19.3 Å². The van der Waals surface area contributed by atoms with E-state index in [9.17, 15) is 20.1 Å². The molecule has 6 fully saturated rings. The lowest BCUT2D eigenvalue weighted by Crippen LogP contribution is -2.72. The first-order chi connectivity index (χ1) is 20.0. The van der Waals surface area contributed by atoms with Gasteiger partial charge in [-0.3, -0.25) is 4.79 Å². The van der Waals surface area contributed by atoms with Crippen LogP contribution in [0.5, 0.6) is 0 Å². The third kappa shape index (κ3) is 4.15. The maximum absolute atomic E-state index is 13.6. The van der Waals surface area contributed by atoms with Gasteiger partial charge in [0.05, 0.1) is 12.2 Å². The van der Waals surface area contributed by atoms with Crippen LogP contribution >= 0.6 is 0 Å². The summed E-state index contributed by atoms with van der Waals surface area (Å²) in [5.74, 6) is -3.42. The fraction of sp³-hybridized carbons (Fsp3) is 0.912. The van der Waals surface area contributed by atoms with E-state index < -0.39 is 76.8 Å². The lowest BCUT2D eigenvalue weighted by molar-refractivity contribution is -0.433. The molecular weight excluding hydrogens is 536 g/mol. The molecule has 0 aromatic heterocycles. The molecule has 0 aromatic rings. The molecule has 3 bridgehead atoms. The molecule has 3 saturated carbocycles. The van der Waals surface area contributed by atoms with Gasteiger partial charge in [-0.05, 0) is 37.7 Å². The van der Waals surface area contributed by atoms with E-state index in [4.69, 9.17) is 18.9 Å². The van der Waals surface area contributed by atoms with E-state index >= 15 is 0 Å². The van der Waals surface area contributed by atoms with Crippen LogP contribution in [0.2, 0.25) is 0 Å². The number of aliphatic hydroxyl groups excluding tert-OH is 2. The normalized spacial score (nSPS) is 49.9. The number of Topliss-reactive ketones (excluding diaryl/α,β-unsaturated/α-hetero) is 1. The Labute approximate surface area is 251 Å². The number of rotatable bonds is 14. The number of unbranched alkanes of at least 4 members (excludes halogenated alkanes) is 10. The van der Waals surface area contributed by atoms with Crippen molar-refractivity contribution in [3.8, 4) is 0 Å². The number of hydrogen-bond acceptors (Lipinski definition) is 8. The van der Waals surface area contributed by atoms with Crippen LogP contribution in [-0.2, 0) is 23.7 Å². The van der Waals surface area contributed by atoms with E-state index in [0.717, 1.165) is 24.8 Å². The maximum Gasteiger partial charge on any atom is 0.284 e. The first-order valence-electron chi connectivity index (χ1n) is 17.0. The van der Waals surface area contributed by atoms with Crippen LogP contribution in [0.1, 0.15) is 118 Å². The summed E-state index contributed by atoms with van der Waals surface area (Å²) in [4.78, 5) is 13.6. The van der Waals surface area contributed by atoms with Crippen LogP contribution < -0.4 is 0 Å². The maximum atomic E-state index is 13.6. The predicted octanol–water partition coefficient (Wildman–Crippen LogP) is 4.96. The molecule has 12 atom stereocenters. The van der Waals surface area contributed by atoms with Crippen LogP contribution in [0.25, 0.3) is 0 Å². The largest absolute Gasteiger partial charge is 0.393 e. The monoisotopic (exact) mass is 590 g/mol. The Balaban J connectivity index is 1.24. The number of ether oxygens (including phenoxy) is 4. The zero-order valence-electron chi connectivity index (χ0n) is 26.2. The lowest BCUT2D eigenvalue weighted by atomic mass is 9.54. The second-order valence-corrected chi connectivity index (χ2v) is 14.8. The minimum absolute atomic E-state index is 0.140. The van der Waals surface area contributed by atoms with Crippen LogP contribution in [0.4, 0.5) is 0 Å². The molecule has 238 valence electrons. The number of epoxide rings is 1. The van der Waals surface area contributed by atoms with Crippen molar-refractivity contribution in [1.82, 2.24) is 0 Å². The van der Waals surface area contributed by atoms with Crippen LogP contribution in [0.15, 0.2) is 12.2 Å². The van der Waals surface area contributed by atoms with Crippen molar-refractivity contribution in [2.24, 2.45) is 23.7 Å². The summed E-state index contributed by atoms with van der Waals surface area (Å²) in [6.45, 7) is 12.0. The van der Waals surface area contributed by atoms with E-state index in [1.54, 1.807) is 6.92 Å². The van der Waals surface area contributed by atoms with Gasteiger partial charge in [-0.25, -0.2) is 0 Å². The molecule has 42 heavy (non-hydrogen) atoms. The SMILES string of the molecule is C=C(C)C12CC(C)C34OC(CCCCCCCCCCCCC)(OC1C3C1OC1(CO)C(O)C1(O)C(=O)C(C)CC14)O2.